The van der Waals surface area contributed by atoms with Crippen molar-refractivity contribution in [2.45, 2.75) is 34.1 Å². The number of ether oxygens (including phenoxy) is 1. The minimum atomic E-state index is -0.132. The molecular weight excluding hydrogens is 300 g/mol. The van der Waals surface area contributed by atoms with Crippen LogP contribution in [0.3, 0.4) is 0 Å². The molecule has 0 saturated carbocycles. The predicted molar refractivity (Wildman–Crippen MR) is 97.7 cm³/mol. The van der Waals surface area contributed by atoms with Gasteiger partial charge < -0.3 is 4.74 Å². The maximum atomic E-state index is 12.2. The predicted octanol–water partition coefficient (Wildman–Crippen LogP) is 3.70. The van der Waals surface area contributed by atoms with Gasteiger partial charge in [-0.25, -0.2) is 5.43 Å². The highest BCUT2D eigenvalue weighted by molar-refractivity contribution is 6.01. The zero-order valence-corrected chi connectivity index (χ0v) is 14.9. The highest BCUT2D eigenvalue weighted by atomic mass is 16.5. The smallest absolute Gasteiger partial charge is 0.244 e. The van der Waals surface area contributed by atoms with Gasteiger partial charge in [0.2, 0.25) is 5.91 Å². The van der Waals surface area contributed by atoms with Gasteiger partial charge in [0.1, 0.15) is 5.75 Å². The lowest BCUT2D eigenvalue weighted by atomic mass is 10.0. The van der Waals surface area contributed by atoms with E-state index in [1.165, 1.54) is 5.56 Å². The summed E-state index contributed by atoms with van der Waals surface area (Å²) in [6, 6.07) is 12.0. The summed E-state index contributed by atoms with van der Waals surface area (Å²) in [5, 5.41) is 4.22. The van der Waals surface area contributed by atoms with Crippen molar-refractivity contribution >= 4 is 11.6 Å². The molecule has 0 heterocycles. The second-order valence-corrected chi connectivity index (χ2v) is 6.04. The SMILES string of the molecule is COc1ccc(C)cc1/C(C)=N/NC(=O)Cc1ccc(C)cc1C. The molecule has 0 aromatic heterocycles. The second kappa shape index (κ2) is 7.77. The zero-order chi connectivity index (χ0) is 17.7. The number of methoxy groups -OCH3 is 1. The van der Waals surface area contributed by atoms with Crippen LogP contribution in [0.2, 0.25) is 0 Å². The lowest BCUT2D eigenvalue weighted by molar-refractivity contribution is -0.120. The lowest BCUT2D eigenvalue weighted by Gasteiger charge is -2.10. The number of rotatable bonds is 5. The summed E-state index contributed by atoms with van der Waals surface area (Å²) in [5.74, 6) is 0.610. The van der Waals surface area contributed by atoms with Gasteiger partial charge >= 0.3 is 0 Å². The van der Waals surface area contributed by atoms with Gasteiger partial charge in [-0.05, 0) is 51.0 Å². The summed E-state index contributed by atoms with van der Waals surface area (Å²) >= 11 is 0. The van der Waals surface area contributed by atoms with E-state index in [4.69, 9.17) is 4.74 Å². The summed E-state index contributed by atoms with van der Waals surface area (Å²) in [7, 11) is 1.63. The van der Waals surface area contributed by atoms with Crippen molar-refractivity contribution in [1.82, 2.24) is 5.43 Å². The highest BCUT2D eigenvalue weighted by Gasteiger charge is 2.09. The monoisotopic (exact) mass is 324 g/mol. The van der Waals surface area contributed by atoms with Crippen molar-refractivity contribution in [3.05, 3.63) is 64.2 Å². The third-order valence-corrected chi connectivity index (χ3v) is 3.94. The summed E-state index contributed by atoms with van der Waals surface area (Å²) in [5.41, 5.74) is 8.66. The molecule has 24 heavy (non-hydrogen) atoms. The fourth-order valence-electron chi connectivity index (χ4n) is 2.57. The van der Waals surface area contributed by atoms with Crippen LogP contribution in [0, 0.1) is 20.8 Å². The van der Waals surface area contributed by atoms with Crippen molar-refractivity contribution in [3.8, 4) is 5.75 Å². The number of amides is 1. The first-order valence-corrected chi connectivity index (χ1v) is 7.95. The molecule has 0 radical (unpaired) electrons. The average molecular weight is 324 g/mol. The van der Waals surface area contributed by atoms with E-state index in [2.05, 4.69) is 16.6 Å². The molecule has 2 rings (SSSR count). The average Bonchev–Trinajstić information content (AvgIpc) is 2.55. The van der Waals surface area contributed by atoms with Crippen LogP contribution in [0.25, 0.3) is 0 Å². The maximum absolute atomic E-state index is 12.2. The highest BCUT2D eigenvalue weighted by Crippen LogP contribution is 2.20. The van der Waals surface area contributed by atoms with Gasteiger partial charge in [-0.2, -0.15) is 5.10 Å². The fraction of sp³-hybridized carbons (Fsp3) is 0.300. The summed E-state index contributed by atoms with van der Waals surface area (Å²) in [6.45, 7) is 7.92. The Kier molecular flexibility index (Phi) is 5.74. The van der Waals surface area contributed by atoms with Crippen molar-refractivity contribution in [2.24, 2.45) is 5.10 Å². The number of benzene rings is 2. The molecule has 0 atom stereocenters. The number of hydrogen-bond acceptors (Lipinski definition) is 3. The fourth-order valence-corrected chi connectivity index (χ4v) is 2.57. The molecule has 1 N–H and O–H groups in total. The molecule has 0 bridgehead atoms. The third-order valence-electron chi connectivity index (χ3n) is 3.94. The Morgan fingerprint density at radius 2 is 1.75 bits per heavy atom. The maximum Gasteiger partial charge on any atom is 0.244 e. The van der Waals surface area contributed by atoms with E-state index in [9.17, 15) is 4.79 Å². The molecule has 2 aromatic rings. The Labute approximate surface area is 143 Å². The lowest BCUT2D eigenvalue weighted by Crippen LogP contribution is -2.21. The summed E-state index contributed by atoms with van der Waals surface area (Å²) < 4.78 is 5.36. The molecule has 2 aromatic carbocycles. The van der Waals surface area contributed by atoms with Crippen LogP contribution in [-0.4, -0.2) is 18.7 Å². The number of carbonyl (C=O) groups excluding carboxylic acids is 1. The molecule has 0 unspecified atom stereocenters. The molecule has 0 aliphatic heterocycles. The quantitative estimate of drug-likeness (QED) is 0.673. The van der Waals surface area contributed by atoms with Gasteiger partial charge in [-0.3, -0.25) is 4.79 Å². The van der Waals surface area contributed by atoms with E-state index < -0.39 is 0 Å². The van der Waals surface area contributed by atoms with Crippen LogP contribution >= 0.6 is 0 Å². The minimum absolute atomic E-state index is 0.132. The second-order valence-electron chi connectivity index (χ2n) is 6.04. The van der Waals surface area contributed by atoms with E-state index in [-0.39, 0.29) is 5.91 Å². The third kappa shape index (κ3) is 4.44. The molecule has 0 aliphatic carbocycles. The topological polar surface area (TPSA) is 50.7 Å². The summed E-state index contributed by atoms with van der Waals surface area (Å²) in [6.07, 6.45) is 0.313. The van der Waals surface area contributed by atoms with Gasteiger partial charge in [0.15, 0.2) is 0 Å². The number of nitrogens with one attached hydrogen (secondary N) is 1. The standard InChI is InChI=1S/C20H24N2O2/c1-13-6-8-17(15(3)10-13)12-20(23)22-21-16(4)18-11-14(2)7-9-19(18)24-5/h6-11H,12H2,1-5H3,(H,22,23)/b21-16+. The Balaban J connectivity index is 2.09. The van der Waals surface area contributed by atoms with Gasteiger partial charge in [0, 0.05) is 5.56 Å². The molecule has 4 heteroatoms. The normalized spacial score (nSPS) is 11.3. The van der Waals surface area contributed by atoms with E-state index in [1.54, 1.807) is 7.11 Å². The first kappa shape index (κ1) is 17.7. The Bertz CT molecular complexity index is 779. The van der Waals surface area contributed by atoms with Crippen molar-refractivity contribution in [1.29, 1.82) is 0 Å². The first-order chi connectivity index (χ1) is 11.4. The number of hydrogen-bond donors (Lipinski definition) is 1. The molecule has 126 valence electrons. The molecule has 0 spiro atoms. The number of aryl methyl sites for hydroxylation is 3. The van der Waals surface area contributed by atoms with Gasteiger partial charge in [-0.15, -0.1) is 0 Å². The molecular formula is C20H24N2O2. The zero-order valence-electron chi connectivity index (χ0n) is 14.9. The van der Waals surface area contributed by atoms with Gasteiger partial charge in [-0.1, -0.05) is 35.4 Å². The van der Waals surface area contributed by atoms with Gasteiger partial charge in [0.05, 0.1) is 19.2 Å². The van der Waals surface area contributed by atoms with Crippen LogP contribution in [0.5, 0.6) is 5.75 Å². The first-order valence-electron chi connectivity index (χ1n) is 7.95. The van der Waals surface area contributed by atoms with E-state index >= 15 is 0 Å². The Hall–Kier alpha value is -2.62. The number of hydrazone groups is 1. The molecule has 1 amide bonds. The van der Waals surface area contributed by atoms with Crippen LogP contribution in [0.15, 0.2) is 41.5 Å². The molecule has 4 nitrogen and oxygen atoms in total. The molecule has 0 aliphatic rings. The van der Waals surface area contributed by atoms with E-state index in [0.717, 1.165) is 28.0 Å². The van der Waals surface area contributed by atoms with Crippen LogP contribution < -0.4 is 10.2 Å². The Morgan fingerprint density at radius 1 is 1.08 bits per heavy atom. The van der Waals surface area contributed by atoms with E-state index in [0.29, 0.717) is 12.1 Å². The molecule has 0 saturated heterocycles. The number of carbonyl (C=O) groups is 1. The number of nitrogens with zero attached hydrogens (tertiary/aromatic N) is 1. The van der Waals surface area contributed by atoms with Crippen LogP contribution in [0.1, 0.15) is 34.7 Å². The minimum Gasteiger partial charge on any atom is -0.496 e. The van der Waals surface area contributed by atoms with Crippen molar-refractivity contribution < 1.29 is 9.53 Å². The van der Waals surface area contributed by atoms with E-state index in [1.807, 2.05) is 58.0 Å². The Morgan fingerprint density at radius 3 is 2.42 bits per heavy atom. The van der Waals surface area contributed by atoms with Crippen LogP contribution in [0.4, 0.5) is 0 Å². The van der Waals surface area contributed by atoms with Crippen molar-refractivity contribution in [3.63, 3.8) is 0 Å². The largest absolute Gasteiger partial charge is 0.496 e. The van der Waals surface area contributed by atoms with Crippen molar-refractivity contribution in [2.75, 3.05) is 7.11 Å². The summed E-state index contributed by atoms with van der Waals surface area (Å²) in [4.78, 5) is 12.2. The van der Waals surface area contributed by atoms with Crippen LogP contribution in [-0.2, 0) is 11.2 Å². The molecule has 0 fully saturated rings. The van der Waals surface area contributed by atoms with Gasteiger partial charge in [0.25, 0.3) is 0 Å².